The van der Waals surface area contributed by atoms with Gasteiger partial charge in [0.25, 0.3) is 0 Å². The first-order valence-corrected chi connectivity index (χ1v) is 9.31. The molecule has 0 unspecified atom stereocenters. The van der Waals surface area contributed by atoms with Crippen LogP contribution in [-0.4, -0.2) is 34.9 Å². The second-order valence-electron chi connectivity index (χ2n) is 5.53. The molecule has 3 aromatic rings. The number of aryl methyl sites for hydroxylation is 1. The second kappa shape index (κ2) is 8.03. The maximum atomic E-state index is 6.35. The number of imidazole rings is 1. The standard InChI is InChI=1S/C17H21ClN4O2S/c1-4-24-16-8-14(18)12(7-15(16)23-3)9-19-6-5-13-10-22-17(20-13)25-11(2)21-22/h7-8,10,19H,4-6,9H2,1-3H3. The lowest BCUT2D eigenvalue weighted by Gasteiger charge is -2.13. The van der Waals surface area contributed by atoms with Crippen LogP contribution in [0.3, 0.4) is 0 Å². The molecule has 25 heavy (non-hydrogen) atoms. The third-order valence-electron chi connectivity index (χ3n) is 3.70. The predicted octanol–water partition coefficient (Wildman–Crippen LogP) is 3.49. The molecular weight excluding hydrogens is 360 g/mol. The number of fused-ring (bicyclic) bond motifs is 1. The Kier molecular flexibility index (Phi) is 5.78. The quantitative estimate of drug-likeness (QED) is 0.606. The summed E-state index contributed by atoms with van der Waals surface area (Å²) in [6.07, 6.45) is 2.81. The van der Waals surface area contributed by atoms with Crippen LogP contribution in [0.1, 0.15) is 23.2 Å². The van der Waals surface area contributed by atoms with Crippen LogP contribution in [0, 0.1) is 6.92 Å². The predicted molar refractivity (Wildman–Crippen MR) is 100 cm³/mol. The third-order valence-corrected chi connectivity index (χ3v) is 4.89. The van der Waals surface area contributed by atoms with E-state index in [1.165, 1.54) is 0 Å². The third kappa shape index (κ3) is 4.23. The fraction of sp³-hybridized carbons (Fsp3) is 0.412. The molecule has 1 N–H and O–H groups in total. The minimum Gasteiger partial charge on any atom is -0.493 e. The molecule has 0 spiro atoms. The summed E-state index contributed by atoms with van der Waals surface area (Å²) in [6, 6.07) is 3.72. The Labute approximate surface area is 155 Å². The molecule has 0 fully saturated rings. The zero-order chi connectivity index (χ0) is 17.8. The Morgan fingerprint density at radius 3 is 2.88 bits per heavy atom. The number of hydrogen-bond donors (Lipinski definition) is 1. The van der Waals surface area contributed by atoms with E-state index in [0.29, 0.717) is 29.7 Å². The van der Waals surface area contributed by atoms with Gasteiger partial charge in [-0.05, 0) is 25.5 Å². The fourth-order valence-electron chi connectivity index (χ4n) is 2.55. The van der Waals surface area contributed by atoms with Crippen LogP contribution in [0.15, 0.2) is 18.3 Å². The molecule has 2 heterocycles. The summed E-state index contributed by atoms with van der Waals surface area (Å²) >= 11 is 7.94. The summed E-state index contributed by atoms with van der Waals surface area (Å²) in [6.45, 7) is 5.94. The molecule has 6 nitrogen and oxygen atoms in total. The monoisotopic (exact) mass is 380 g/mol. The van der Waals surface area contributed by atoms with Crippen molar-refractivity contribution in [2.45, 2.75) is 26.8 Å². The Morgan fingerprint density at radius 1 is 1.32 bits per heavy atom. The highest BCUT2D eigenvalue weighted by Gasteiger charge is 2.10. The van der Waals surface area contributed by atoms with Gasteiger partial charge in [0.05, 0.1) is 25.6 Å². The van der Waals surface area contributed by atoms with E-state index < -0.39 is 0 Å². The van der Waals surface area contributed by atoms with E-state index in [0.717, 1.165) is 34.2 Å². The van der Waals surface area contributed by atoms with Gasteiger partial charge in [0, 0.05) is 30.6 Å². The van der Waals surface area contributed by atoms with E-state index in [2.05, 4.69) is 15.4 Å². The molecule has 0 aliphatic rings. The Hall–Kier alpha value is -1.83. The van der Waals surface area contributed by atoms with Crippen molar-refractivity contribution in [1.29, 1.82) is 0 Å². The van der Waals surface area contributed by atoms with Crippen molar-refractivity contribution in [3.05, 3.63) is 39.6 Å². The Bertz CT molecular complexity index is 830. The van der Waals surface area contributed by atoms with Crippen molar-refractivity contribution in [2.75, 3.05) is 20.3 Å². The van der Waals surface area contributed by atoms with Crippen molar-refractivity contribution in [3.8, 4) is 11.5 Å². The lowest BCUT2D eigenvalue weighted by Crippen LogP contribution is -2.17. The first kappa shape index (κ1) is 18.0. The average Bonchev–Trinajstić information content (AvgIpc) is 3.10. The molecule has 1 aromatic carbocycles. The SMILES string of the molecule is CCOc1cc(Cl)c(CNCCc2cn3nc(C)sc3n2)cc1OC. The van der Waals surface area contributed by atoms with Gasteiger partial charge in [0.1, 0.15) is 5.01 Å². The van der Waals surface area contributed by atoms with E-state index >= 15 is 0 Å². The van der Waals surface area contributed by atoms with Crippen molar-refractivity contribution in [3.63, 3.8) is 0 Å². The number of hydrogen-bond acceptors (Lipinski definition) is 6. The first-order chi connectivity index (χ1) is 12.1. The lowest BCUT2D eigenvalue weighted by atomic mass is 10.2. The molecule has 2 aromatic heterocycles. The van der Waals surface area contributed by atoms with Crippen molar-refractivity contribution >= 4 is 27.9 Å². The zero-order valence-corrected chi connectivity index (χ0v) is 16.1. The van der Waals surface area contributed by atoms with Crippen LogP contribution in [0.25, 0.3) is 4.96 Å². The van der Waals surface area contributed by atoms with Crippen LogP contribution in [0.5, 0.6) is 11.5 Å². The fourth-order valence-corrected chi connectivity index (χ4v) is 3.51. The van der Waals surface area contributed by atoms with Gasteiger partial charge in [0.15, 0.2) is 11.5 Å². The first-order valence-electron chi connectivity index (χ1n) is 8.12. The molecule has 0 radical (unpaired) electrons. The average molecular weight is 381 g/mol. The topological polar surface area (TPSA) is 60.7 Å². The van der Waals surface area contributed by atoms with Crippen LogP contribution >= 0.6 is 22.9 Å². The normalized spacial score (nSPS) is 11.2. The Balaban J connectivity index is 1.56. The summed E-state index contributed by atoms with van der Waals surface area (Å²) in [5.74, 6) is 1.36. The van der Waals surface area contributed by atoms with Crippen LogP contribution in [-0.2, 0) is 13.0 Å². The molecule has 0 aliphatic carbocycles. The van der Waals surface area contributed by atoms with Gasteiger partial charge < -0.3 is 14.8 Å². The van der Waals surface area contributed by atoms with Gasteiger partial charge in [0.2, 0.25) is 4.96 Å². The molecular formula is C17H21ClN4O2S. The number of aromatic nitrogens is 3. The van der Waals surface area contributed by atoms with Crippen molar-refractivity contribution in [1.82, 2.24) is 19.9 Å². The summed E-state index contributed by atoms with van der Waals surface area (Å²) < 4.78 is 12.7. The summed E-state index contributed by atoms with van der Waals surface area (Å²) in [5.41, 5.74) is 2.01. The van der Waals surface area contributed by atoms with Gasteiger partial charge >= 0.3 is 0 Å². The summed E-state index contributed by atoms with van der Waals surface area (Å²) in [5, 5.41) is 9.45. The van der Waals surface area contributed by atoms with Gasteiger partial charge in [-0.3, -0.25) is 0 Å². The van der Waals surface area contributed by atoms with E-state index in [4.69, 9.17) is 21.1 Å². The number of halogens is 1. The van der Waals surface area contributed by atoms with Crippen LogP contribution < -0.4 is 14.8 Å². The molecule has 0 saturated carbocycles. The molecule has 134 valence electrons. The van der Waals surface area contributed by atoms with E-state index in [9.17, 15) is 0 Å². The number of benzene rings is 1. The van der Waals surface area contributed by atoms with Crippen LogP contribution in [0.4, 0.5) is 0 Å². The number of nitrogens with zero attached hydrogens (tertiary/aromatic N) is 3. The van der Waals surface area contributed by atoms with E-state index in [1.807, 2.05) is 30.6 Å². The zero-order valence-electron chi connectivity index (χ0n) is 14.5. The molecule has 8 heteroatoms. The number of methoxy groups -OCH3 is 1. The summed E-state index contributed by atoms with van der Waals surface area (Å²) in [4.78, 5) is 5.51. The van der Waals surface area contributed by atoms with Crippen molar-refractivity contribution in [2.24, 2.45) is 0 Å². The lowest BCUT2D eigenvalue weighted by molar-refractivity contribution is 0.310. The maximum Gasteiger partial charge on any atom is 0.212 e. The molecule has 0 amide bonds. The van der Waals surface area contributed by atoms with Gasteiger partial charge in [-0.15, -0.1) is 0 Å². The van der Waals surface area contributed by atoms with Crippen LogP contribution in [0.2, 0.25) is 5.02 Å². The molecule has 0 bridgehead atoms. The molecule has 0 saturated heterocycles. The molecule has 0 aliphatic heterocycles. The highest BCUT2D eigenvalue weighted by molar-refractivity contribution is 7.16. The number of rotatable bonds is 8. The Morgan fingerprint density at radius 2 is 2.16 bits per heavy atom. The highest BCUT2D eigenvalue weighted by Crippen LogP contribution is 2.33. The summed E-state index contributed by atoms with van der Waals surface area (Å²) in [7, 11) is 1.63. The largest absolute Gasteiger partial charge is 0.493 e. The van der Waals surface area contributed by atoms with Crippen molar-refractivity contribution < 1.29 is 9.47 Å². The molecule has 3 rings (SSSR count). The van der Waals surface area contributed by atoms with Gasteiger partial charge in [-0.25, -0.2) is 9.50 Å². The minimum absolute atomic E-state index is 0.570. The second-order valence-corrected chi connectivity index (χ2v) is 7.10. The maximum absolute atomic E-state index is 6.35. The number of nitrogens with one attached hydrogen (secondary N) is 1. The van der Waals surface area contributed by atoms with E-state index in [-0.39, 0.29) is 0 Å². The minimum atomic E-state index is 0.570. The van der Waals surface area contributed by atoms with E-state index in [1.54, 1.807) is 24.5 Å². The molecule has 0 atom stereocenters. The number of ether oxygens (including phenoxy) is 2. The van der Waals surface area contributed by atoms with Gasteiger partial charge in [-0.2, -0.15) is 5.10 Å². The highest BCUT2D eigenvalue weighted by atomic mass is 35.5. The smallest absolute Gasteiger partial charge is 0.212 e. The van der Waals surface area contributed by atoms with Gasteiger partial charge in [-0.1, -0.05) is 22.9 Å².